The molecule has 0 atom stereocenters. The van der Waals surface area contributed by atoms with Gasteiger partial charge in [-0.1, -0.05) is 0 Å². The number of hydrogen-bond donors (Lipinski definition) is 1. The van der Waals surface area contributed by atoms with Gasteiger partial charge in [0.1, 0.15) is 0 Å². The number of ether oxygens (including phenoxy) is 2. The predicted molar refractivity (Wildman–Crippen MR) is 97.1 cm³/mol. The van der Waals surface area contributed by atoms with Crippen molar-refractivity contribution in [1.82, 2.24) is 0 Å². The molecule has 2 rings (SSSR count). The molecule has 0 unspecified atom stereocenters. The highest BCUT2D eigenvalue weighted by atomic mass is 32.1. The summed E-state index contributed by atoms with van der Waals surface area (Å²) in [6.07, 6.45) is 0. The Kier molecular flexibility index (Phi) is 5.93. The highest BCUT2D eigenvalue weighted by molar-refractivity contribution is 7.12. The maximum Gasteiger partial charge on any atom is 0.339 e. The summed E-state index contributed by atoms with van der Waals surface area (Å²) in [5.74, 6) is -1.10. The fourth-order valence-electron chi connectivity index (χ4n) is 2.34. The molecule has 1 heterocycles. The summed E-state index contributed by atoms with van der Waals surface area (Å²) in [6, 6.07) is 4.38. The zero-order chi connectivity index (χ0) is 19.4. The van der Waals surface area contributed by atoms with Crippen LogP contribution in [0.3, 0.4) is 0 Å². The number of amides is 1. The Labute approximate surface area is 153 Å². The van der Waals surface area contributed by atoms with E-state index in [0.717, 1.165) is 9.75 Å². The van der Waals surface area contributed by atoms with Crippen LogP contribution < -0.4 is 10.1 Å². The van der Waals surface area contributed by atoms with Crippen molar-refractivity contribution in [3.05, 3.63) is 49.2 Å². The van der Waals surface area contributed by atoms with Gasteiger partial charge < -0.3 is 14.8 Å². The summed E-state index contributed by atoms with van der Waals surface area (Å²) < 4.78 is 10.0. The van der Waals surface area contributed by atoms with Gasteiger partial charge in [0.2, 0.25) is 0 Å². The summed E-state index contributed by atoms with van der Waals surface area (Å²) in [7, 11) is 1.30. The first-order valence-electron chi connectivity index (χ1n) is 7.60. The maximum atomic E-state index is 12.0. The van der Waals surface area contributed by atoms with Crippen LogP contribution in [0.2, 0.25) is 0 Å². The van der Waals surface area contributed by atoms with Crippen LogP contribution in [0.25, 0.3) is 0 Å². The van der Waals surface area contributed by atoms with Crippen LogP contribution in [0.15, 0.2) is 18.2 Å². The molecule has 1 aromatic heterocycles. The molecule has 1 N–H and O–H groups in total. The van der Waals surface area contributed by atoms with Crippen LogP contribution in [0.5, 0.6) is 5.75 Å². The van der Waals surface area contributed by atoms with Gasteiger partial charge in [-0.15, -0.1) is 11.3 Å². The number of nitrogens with one attached hydrogen (secondary N) is 1. The van der Waals surface area contributed by atoms with Crippen molar-refractivity contribution in [1.29, 1.82) is 0 Å². The second-order valence-electron chi connectivity index (χ2n) is 5.55. The molecule has 1 amide bonds. The van der Waals surface area contributed by atoms with Crippen molar-refractivity contribution in [2.24, 2.45) is 0 Å². The van der Waals surface area contributed by atoms with E-state index in [1.54, 1.807) is 19.9 Å². The van der Waals surface area contributed by atoms with Crippen molar-refractivity contribution >= 4 is 34.6 Å². The molecule has 0 spiro atoms. The van der Waals surface area contributed by atoms with Crippen molar-refractivity contribution < 1.29 is 24.0 Å². The first-order valence-corrected chi connectivity index (χ1v) is 8.41. The fraction of sp³-hybridized carbons (Fsp3) is 0.294. The number of rotatable bonds is 6. The van der Waals surface area contributed by atoms with Crippen LogP contribution in [-0.4, -0.2) is 30.5 Å². The summed E-state index contributed by atoms with van der Waals surface area (Å²) in [4.78, 5) is 36.3. The van der Waals surface area contributed by atoms with E-state index in [0.29, 0.717) is 16.8 Å². The topological polar surface area (TPSA) is 108 Å². The van der Waals surface area contributed by atoms with E-state index in [1.165, 1.54) is 30.6 Å². The Morgan fingerprint density at radius 1 is 1.23 bits per heavy atom. The lowest BCUT2D eigenvalue weighted by atomic mass is 10.1. The summed E-state index contributed by atoms with van der Waals surface area (Å²) >= 11 is 1.47. The van der Waals surface area contributed by atoms with Gasteiger partial charge in [0, 0.05) is 27.6 Å². The molecule has 0 aliphatic rings. The zero-order valence-electron chi connectivity index (χ0n) is 14.7. The van der Waals surface area contributed by atoms with Gasteiger partial charge in [-0.05, 0) is 32.4 Å². The molecule has 1 aromatic carbocycles. The first kappa shape index (κ1) is 19.4. The third kappa shape index (κ3) is 4.37. The number of aryl methyl sites for hydroxylation is 3. The van der Waals surface area contributed by atoms with Crippen LogP contribution in [0.4, 0.5) is 11.4 Å². The molecule has 8 nitrogen and oxygen atoms in total. The van der Waals surface area contributed by atoms with Crippen molar-refractivity contribution in [3.8, 4) is 5.75 Å². The minimum absolute atomic E-state index is 0.0252. The van der Waals surface area contributed by atoms with Crippen molar-refractivity contribution in [2.75, 3.05) is 19.0 Å². The van der Waals surface area contributed by atoms with E-state index in [9.17, 15) is 19.7 Å². The second-order valence-corrected chi connectivity index (χ2v) is 7.01. The lowest BCUT2D eigenvalue weighted by molar-refractivity contribution is -0.385. The highest BCUT2D eigenvalue weighted by Gasteiger charge is 2.19. The smallest absolute Gasteiger partial charge is 0.339 e. The van der Waals surface area contributed by atoms with Crippen LogP contribution >= 0.6 is 11.3 Å². The molecule has 138 valence electrons. The number of thiophene rings is 1. The van der Waals surface area contributed by atoms with Gasteiger partial charge in [-0.3, -0.25) is 14.9 Å². The summed E-state index contributed by atoms with van der Waals surface area (Å²) in [5, 5.41) is 13.6. The van der Waals surface area contributed by atoms with Crippen LogP contribution in [0.1, 0.15) is 25.7 Å². The van der Waals surface area contributed by atoms with E-state index < -0.39 is 23.4 Å². The normalized spacial score (nSPS) is 10.3. The number of hydrogen-bond acceptors (Lipinski definition) is 7. The number of carbonyl (C=O) groups excluding carboxylic acids is 2. The second kappa shape index (κ2) is 7.96. The van der Waals surface area contributed by atoms with Crippen molar-refractivity contribution in [3.63, 3.8) is 0 Å². The molecule has 9 heteroatoms. The molecule has 0 bridgehead atoms. The molecule has 0 saturated carbocycles. The van der Waals surface area contributed by atoms with Gasteiger partial charge in [0.05, 0.1) is 17.6 Å². The third-order valence-electron chi connectivity index (χ3n) is 3.59. The maximum absolute atomic E-state index is 12.0. The summed E-state index contributed by atoms with van der Waals surface area (Å²) in [5.41, 5.74) is 1.07. The number of nitro groups is 1. The van der Waals surface area contributed by atoms with Gasteiger partial charge in [-0.25, -0.2) is 4.79 Å². The van der Waals surface area contributed by atoms with Crippen LogP contribution in [-0.2, 0) is 9.53 Å². The number of esters is 1. The lowest BCUT2D eigenvalue weighted by Gasteiger charge is -2.11. The minimum atomic E-state index is -0.569. The number of carbonyl (C=O) groups is 2. The quantitative estimate of drug-likeness (QED) is 0.469. The highest BCUT2D eigenvalue weighted by Crippen LogP contribution is 2.32. The Hall–Kier alpha value is -2.94. The standard InChI is InChI=1S/C17H18N2O6S/c1-9-5-14(19(22)23)15(24-4)7-13(9)18-16(20)8-25-17(21)12-6-10(2)26-11(12)3/h5-7H,8H2,1-4H3,(H,18,20). The fourth-order valence-corrected chi connectivity index (χ4v) is 3.25. The SMILES string of the molecule is COc1cc(NC(=O)COC(=O)c2cc(C)sc2C)c(C)cc1[N+](=O)[O-]. The van der Waals surface area contributed by atoms with E-state index in [2.05, 4.69) is 5.32 Å². The average molecular weight is 378 g/mol. The number of nitrogens with zero attached hydrogens (tertiary/aromatic N) is 1. The van der Waals surface area contributed by atoms with Gasteiger partial charge >= 0.3 is 11.7 Å². The van der Waals surface area contributed by atoms with Gasteiger partial charge in [0.15, 0.2) is 12.4 Å². The molecule has 26 heavy (non-hydrogen) atoms. The molecular weight excluding hydrogens is 360 g/mol. The Bertz CT molecular complexity index is 874. The molecule has 2 aromatic rings. The molecule has 0 aliphatic heterocycles. The van der Waals surface area contributed by atoms with Crippen LogP contribution in [0, 0.1) is 30.9 Å². The zero-order valence-corrected chi connectivity index (χ0v) is 15.6. The van der Waals surface area contributed by atoms with E-state index in [1.807, 2.05) is 6.92 Å². The predicted octanol–water partition coefficient (Wildman–Crippen LogP) is 3.39. The monoisotopic (exact) mass is 378 g/mol. The Morgan fingerprint density at radius 3 is 2.46 bits per heavy atom. The number of anilines is 1. The Morgan fingerprint density at radius 2 is 1.92 bits per heavy atom. The van der Waals surface area contributed by atoms with Gasteiger partial charge in [0.25, 0.3) is 5.91 Å². The van der Waals surface area contributed by atoms with E-state index in [-0.39, 0.29) is 11.4 Å². The molecule has 0 saturated heterocycles. The Balaban J connectivity index is 2.05. The number of methoxy groups -OCH3 is 1. The summed E-state index contributed by atoms with van der Waals surface area (Å²) in [6.45, 7) is 4.84. The van der Waals surface area contributed by atoms with E-state index >= 15 is 0 Å². The third-order valence-corrected chi connectivity index (χ3v) is 4.56. The van der Waals surface area contributed by atoms with Crippen molar-refractivity contribution in [2.45, 2.75) is 20.8 Å². The van der Waals surface area contributed by atoms with Gasteiger partial charge in [-0.2, -0.15) is 0 Å². The average Bonchev–Trinajstić information content (AvgIpc) is 2.92. The largest absolute Gasteiger partial charge is 0.490 e. The first-order chi connectivity index (χ1) is 12.2. The molecule has 0 radical (unpaired) electrons. The minimum Gasteiger partial charge on any atom is -0.490 e. The number of benzene rings is 1. The molecular formula is C17H18N2O6S. The number of nitro benzene ring substituents is 1. The molecule has 0 fully saturated rings. The van der Waals surface area contributed by atoms with E-state index in [4.69, 9.17) is 9.47 Å². The lowest BCUT2D eigenvalue weighted by Crippen LogP contribution is -2.21. The molecule has 0 aliphatic carbocycles.